The summed E-state index contributed by atoms with van der Waals surface area (Å²) < 4.78 is 1.90. The maximum Gasteiger partial charge on any atom is 0.119 e. The molecule has 1 aromatic heterocycles. The average molecular weight is 257 g/mol. The Bertz CT molecular complexity index is 631. The van der Waals surface area contributed by atoms with Crippen molar-refractivity contribution in [2.75, 3.05) is 5.32 Å². The Balaban J connectivity index is 1.93. The standard InChI is InChI=1S/C15H19N3O/c1-9-15(10(2)18(3)17-9)16-13-8-7-12-11(13)5-4-6-14(12)19/h4-6,13,16,19H,7-8H2,1-3H3. The first-order valence-electron chi connectivity index (χ1n) is 6.65. The van der Waals surface area contributed by atoms with E-state index in [0.29, 0.717) is 5.75 Å². The summed E-state index contributed by atoms with van der Waals surface area (Å²) in [5.41, 5.74) is 5.57. The van der Waals surface area contributed by atoms with E-state index in [-0.39, 0.29) is 6.04 Å². The molecule has 2 N–H and O–H groups in total. The third kappa shape index (κ3) is 1.87. The summed E-state index contributed by atoms with van der Waals surface area (Å²) in [7, 11) is 1.96. The van der Waals surface area contributed by atoms with E-state index in [9.17, 15) is 5.11 Å². The molecule has 1 heterocycles. The number of aryl methyl sites for hydroxylation is 2. The fourth-order valence-electron chi connectivity index (χ4n) is 2.94. The number of nitrogens with one attached hydrogen (secondary N) is 1. The molecule has 1 atom stereocenters. The molecule has 4 nitrogen and oxygen atoms in total. The van der Waals surface area contributed by atoms with Gasteiger partial charge in [-0.25, -0.2) is 0 Å². The smallest absolute Gasteiger partial charge is 0.119 e. The van der Waals surface area contributed by atoms with Gasteiger partial charge in [0, 0.05) is 7.05 Å². The van der Waals surface area contributed by atoms with Crippen LogP contribution in [0.3, 0.4) is 0 Å². The maximum absolute atomic E-state index is 9.88. The summed E-state index contributed by atoms with van der Waals surface area (Å²) in [5, 5.41) is 17.9. The van der Waals surface area contributed by atoms with Crippen molar-refractivity contribution in [2.45, 2.75) is 32.7 Å². The van der Waals surface area contributed by atoms with Gasteiger partial charge >= 0.3 is 0 Å². The molecule has 2 aromatic rings. The monoisotopic (exact) mass is 257 g/mol. The quantitative estimate of drug-likeness (QED) is 0.869. The van der Waals surface area contributed by atoms with Crippen LogP contribution in [0, 0.1) is 13.8 Å². The van der Waals surface area contributed by atoms with Gasteiger partial charge in [-0.1, -0.05) is 12.1 Å². The minimum absolute atomic E-state index is 0.267. The van der Waals surface area contributed by atoms with Crippen LogP contribution < -0.4 is 5.32 Å². The number of phenols is 1. The lowest BCUT2D eigenvalue weighted by atomic mass is 10.1. The fraction of sp³-hybridized carbons (Fsp3) is 0.400. The van der Waals surface area contributed by atoms with Crippen molar-refractivity contribution in [3.05, 3.63) is 40.7 Å². The average Bonchev–Trinajstić information content (AvgIpc) is 2.88. The predicted octanol–water partition coefficient (Wildman–Crippen LogP) is 2.84. The Morgan fingerprint density at radius 2 is 2.16 bits per heavy atom. The first-order chi connectivity index (χ1) is 9.08. The van der Waals surface area contributed by atoms with Crippen molar-refractivity contribution in [3.63, 3.8) is 0 Å². The first kappa shape index (κ1) is 12.1. The molecule has 100 valence electrons. The molecule has 0 bridgehead atoms. The topological polar surface area (TPSA) is 50.1 Å². The van der Waals surface area contributed by atoms with Gasteiger partial charge in [0.2, 0.25) is 0 Å². The summed E-state index contributed by atoms with van der Waals surface area (Å²) >= 11 is 0. The van der Waals surface area contributed by atoms with Gasteiger partial charge in [-0.2, -0.15) is 5.10 Å². The van der Waals surface area contributed by atoms with Crippen LogP contribution in [0.25, 0.3) is 0 Å². The SMILES string of the molecule is Cc1nn(C)c(C)c1NC1CCc2c(O)cccc21. The number of aromatic hydroxyl groups is 1. The van der Waals surface area contributed by atoms with Crippen molar-refractivity contribution >= 4 is 5.69 Å². The minimum Gasteiger partial charge on any atom is -0.508 e. The Kier molecular flexibility index (Phi) is 2.73. The van der Waals surface area contributed by atoms with Gasteiger partial charge in [0.05, 0.1) is 23.1 Å². The van der Waals surface area contributed by atoms with E-state index in [4.69, 9.17) is 0 Å². The zero-order valence-electron chi connectivity index (χ0n) is 11.6. The van der Waals surface area contributed by atoms with Crippen molar-refractivity contribution < 1.29 is 5.11 Å². The van der Waals surface area contributed by atoms with Crippen LogP contribution >= 0.6 is 0 Å². The highest BCUT2D eigenvalue weighted by Gasteiger charge is 2.25. The van der Waals surface area contributed by atoms with Gasteiger partial charge in [-0.15, -0.1) is 0 Å². The molecule has 0 fully saturated rings. The Hall–Kier alpha value is -1.97. The molecule has 1 unspecified atom stereocenters. The van der Waals surface area contributed by atoms with Crippen LogP contribution in [0.1, 0.15) is 35.0 Å². The molecule has 0 aliphatic heterocycles. The van der Waals surface area contributed by atoms with E-state index < -0.39 is 0 Å². The fourth-order valence-corrected chi connectivity index (χ4v) is 2.94. The second-order valence-corrected chi connectivity index (χ2v) is 5.25. The van der Waals surface area contributed by atoms with Crippen molar-refractivity contribution in [2.24, 2.45) is 7.05 Å². The Morgan fingerprint density at radius 1 is 1.37 bits per heavy atom. The summed E-state index contributed by atoms with van der Waals surface area (Å²) in [6.07, 6.45) is 1.94. The maximum atomic E-state index is 9.88. The van der Waals surface area contributed by atoms with Crippen molar-refractivity contribution in [1.29, 1.82) is 0 Å². The predicted molar refractivity (Wildman–Crippen MR) is 75.5 cm³/mol. The highest BCUT2D eigenvalue weighted by atomic mass is 16.3. The number of hydrogen-bond donors (Lipinski definition) is 2. The van der Waals surface area contributed by atoms with Crippen LogP contribution in [0.15, 0.2) is 18.2 Å². The van der Waals surface area contributed by atoms with Crippen LogP contribution in [-0.4, -0.2) is 14.9 Å². The lowest BCUT2D eigenvalue weighted by molar-refractivity contribution is 0.469. The number of rotatable bonds is 2. The number of benzene rings is 1. The van der Waals surface area contributed by atoms with E-state index in [1.54, 1.807) is 6.07 Å². The van der Waals surface area contributed by atoms with E-state index in [1.165, 1.54) is 5.56 Å². The molecule has 0 amide bonds. The Morgan fingerprint density at radius 3 is 2.84 bits per heavy atom. The van der Waals surface area contributed by atoms with Gasteiger partial charge < -0.3 is 10.4 Å². The molecule has 0 saturated heterocycles. The van der Waals surface area contributed by atoms with Crippen LogP contribution in [0.4, 0.5) is 5.69 Å². The van der Waals surface area contributed by atoms with Crippen LogP contribution in [0.2, 0.25) is 0 Å². The van der Waals surface area contributed by atoms with E-state index >= 15 is 0 Å². The number of hydrogen-bond acceptors (Lipinski definition) is 3. The highest BCUT2D eigenvalue weighted by Crippen LogP contribution is 2.39. The molecular weight excluding hydrogens is 238 g/mol. The van der Waals surface area contributed by atoms with Crippen molar-refractivity contribution in [1.82, 2.24) is 9.78 Å². The molecule has 1 aromatic carbocycles. The van der Waals surface area contributed by atoms with Crippen LogP contribution in [0.5, 0.6) is 5.75 Å². The molecule has 1 aliphatic carbocycles. The Labute approximate surface area is 113 Å². The number of anilines is 1. The van der Waals surface area contributed by atoms with E-state index in [2.05, 4.69) is 23.4 Å². The second kappa shape index (κ2) is 4.30. The van der Waals surface area contributed by atoms with Gasteiger partial charge in [0.15, 0.2) is 0 Å². The lowest BCUT2D eigenvalue weighted by Crippen LogP contribution is -2.08. The van der Waals surface area contributed by atoms with Gasteiger partial charge in [0.25, 0.3) is 0 Å². The summed E-state index contributed by atoms with van der Waals surface area (Å²) in [5.74, 6) is 0.418. The number of phenolic OH excluding ortho intramolecular Hbond substituents is 1. The van der Waals surface area contributed by atoms with Crippen molar-refractivity contribution in [3.8, 4) is 5.75 Å². The molecule has 19 heavy (non-hydrogen) atoms. The largest absolute Gasteiger partial charge is 0.508 e. The third-order valence-corrected chi connectivity index (χ3v) is 4.07. The number of fused-ring (bicyclic) bond motifs is 1. The highest BCUT2D eigenvalue weighted by molar-refractivity contribution is 5.56. The molecule has 0 radical (unpaired) electrons. The van der Waals surface area contributed by atoms with Gasteiger partial charge in [-0.05, 0) is 43.9 Å². The molecule has 0 saturated carbocycles. The third-order valence-electron chi connectivity index (χ3n) is 4.07. The second-order valence-electron chi connectivity index (χ2n) is 5.25. The normalized spacial score (nSPS) is 17.5. The molecule has 0 spiro atoms. The minimum atomic E-state index is 0.267. The molecular formula is C15H19N3O. The summed E-state index contributed by atoms with van der Waals surface area (Å²) in [4.78, 5) is 0. The van der Waals surface area contributed by atoms with Crippen LogP contribution in [-0.2, 0) is 13.5 Å². The van der Waals surface area contributed by atoms with E-state index in [1.807, 2.05) is 24.7 Å². The molecule has 4 heteroatoms. The lowest BCUT2D eigenvalue weighted by Gasteiger charge is -2.16. The molecule has 3 rings (SSSR count). The summed E-state index contributed by atoms with van der Waals surface area (Å²) in [6.45, 7) is 4.09. The first-order valence-corrected chi connectivity index (χ1v) is 6.65. The zero-order valence-corrected chi connectivity index (χ0v) is 11.6. The van der Waals surface area contributed by atoms with Gasteiger partial charge in [-0.3, -0.25) is 4.68 Å². The number of aromatic nitrogens is 2. The molecule has 1 aliphatic rings. The number of nitrogens with zero attached hydrogens (tertiary/aromatic N) is 2. The van der Waals surface area contributed by atoms with Gasteiger partial charge in [0.1, 0.15) is 5.75 Å². The zero-order chi connectivity index (χ0) is 13.6. The summed E-state index contributed by atoms with van der Waals surface area (Å²) in [6, 6.07) is 6.04. The van der Waals surface area contributed by atoms with E-state index in [0.717, 1.165) is 35.5 Å².